The van der Waals surface area contributed by atoms with Crippen LogP contribution in [0.15, 0.2) is 22.8 Å². The highest BCUT2D eigenvalue weighted by Gasteiger charge is 2.02. The average molecular weight is 213 g/mol. The van der Waals surface area contributed by atoms with Gasteiger partial charge in [-0.1, -0.05) is 0 Å². The van der Waals surface area contributed by atoms with Crippen LogP contribution in [-0.2, 0) is 16.0 Å². The molecule has 4 nitrogen and oxygen atoms in total. The van der Waals surface area contributed by atoms with Gasteiger partial charge >= 0.3 is 0 Å². The Morgan fingerprint density at radius 3 is 3.00 bits per heavy atom. The molecule has 0 saturated heterocycles. The third kappa shape index (κ3) is 5.57. The van der Waals surface area contributed by atoms with Crippen LogP contribution < -0.4 is 5.32 Å². The second kappa shape index (κ2) is 7.45. The van der Waals surface area contributed by atoms with E-state index < -0.39 is 0 Å². The molecule has 0 aromatic carbocycles. The quantitative estimate of drug-likeness (QED) is 0.663. The Morgan fingerprint density at radius 2 is 2.33 bits per heavy atom. The minimum Gasteiger partial charge on any atom is -0.468 e. The fourth-order valence-electron chi connectivity index (χ4n) is 1.15. The summed E-state index contributed by atoms with van der Waals surface area (Å²) in [4.78, 5) is 0. The van der Waals surface area contributed by atoms with Crippen molar-refractivity contribution < 1.29 is 13.9 Å². The van der Waals surface area contributed by atoms with E-state index in [1.165, 1.54) is 0 Å². The fourth-order valence-corrected chi connectivity index (χ4v) is 1.15. The summed E-state index contributed by atoms with van der Waals surface area (Å²) in [6, 6.07) is 4.15. The lowest BCUT2D eigenvalue weighted by molar-refractivity contribution is 0.0606. The van der Waals surface area contributed by atoms with Crippen molar-refractivity contribution in [1.29, 1.82) is 0 Å². The van der Waals surface area contributed by atoms with Crippen LogP contribution in [0.3, 0.4) is 0 Å². The van der Waals surface area contributed by atoms with Gasteiger partial charge in [0.2, 0.25) is 0 Å². The van der Waals surface area contributed by atoms with Gasteiger partial charge in [-0.15, -0.1) is 0 Å². The topological polar surface area (TPSA) is 43.6 Å². The van der Waals surface area contributed by atoms with Crippen molar-refractivity contribution in [2.24, 2.45) is 0 Å². The zero-order chi connectivity index (χ0) is 10.9. The second-order valence-corrected chi connectivity index (χ2v) is 3.43. The van der Waals surface area contributed by atoms with Crippen LogP contribution >= 0.6 is 0 Å². The molecule has 0 fully saturated rings. The van der Waals surface area contributed by atoms with Gasteiger partial charge in [0.05, 0.1) is 32.6 Å². The van der Waals surface area contributed by atoms with E-state index in [2.05, 4.69) is 12.2 Å². The maximum atomic E-state index is 5.39. The Labute approximate surface area is 90.6 Å². The summed E-state index contributed by atoms with van der Waals surface area (Å²) in [5, 5.41) is 3.30. The maximum Gasteiger partial charge on any atom is 0.117 e. The Balaban J connectivity index is 2.01. The molecule has 1 rings (SSSR count). The highest BCUT2D eigenvalue weighted by Crippen LogP contribution is 1.99. The van der Waals surface area contributed by atoms with Crippen molar-refractivity contribution in [3.8, 4) is 0 Å². The van der Waals surface area contributed by atoms with E-state index in [1.54, 1.807) is 13.4 Å². The smallest absolute Gasteiger partial charge is 0.117 e. The predicted octanol–water partition coefficient (Wildman–Crippen LogP) is 1.42. The monoisotopic (exact) mass is 213 g/mol. The molecular formula is C11H19NO3. The van der Waals surface area contributed by atoms with Crippen LogP contribution in [-0.4, -0.2) is 33.0 Å². The minimum atomic E-state index is 0.312. The molecular weight excluding hydrogens is 194 g/mol. The van der Waals surface area contributed by atoms with Gasteiger partial charge in [0.25, 0.3) is 0 Å². The van der Waals surface area contributed by atoms with Crippen LogP contribution in [0.4, 0.5) is 0 Å². The molecule has 0 aliphatic heterocycles. The van der Waals surface area contributed by atoms with E-state index in [4.69, 9.17) is 13.9 Å². The summed E-state index contributed by atoms with van der Waals surface area (Å²) in [7, 11) is 1.67. The molecule has 0 radical (unpaired) electrons. The Kier molecular flexibility index (Phi) is 6.08. The maximum absolute atomic E-state index is 5.39. The van der Waals surface area contributed by atoms with Crippen LogP contribution in [0, 0.1) is 0 Å². The van der Waals surface area contributed by atoms with Crippen LogP contribution in [0.1, 0.15) is 12.7 Å². The molecule has 4 heteroatoms. The lowest BCUT2D eigenvalue weighted by Crippen LogP contribution is -2.30. The molecule has 0 amide bonds. The van der Waals surface area contributed by atoms with Crippen LogP contribution in [0.5, 0.6) is 0 Å². The molecule has 86 valence electrons. The van der Waals surface area contributed by atoms with Gasteiger partial charge in [0, 0.05) is 13.2 Å². The zero-order valence-corrected chi connectivity index (χ0v) is 9.36. The summed E-state index contributed by atoms with van der Waals surface area (Å²) in [6.07, 6.45) is 1.68. The molecule has 0 bridgehead atoms. The number of ether oxygens (including phenoxy) is 2. The molecule has 0 aliphatic rings. The first-order valence-corrected chi connectivity index (χ1v) is 5.15. The standard InChI is InChI=1S/C11H19NO3/c1-10(9-14-7-6-13-2)12-8-11-4-3-5-15-11/h3-5,10,12H,6-9H2,1-2H3. The van der Waals surface area contributed by atoms with E-state index in [9.17, 15) is 0 Å². The van der Waals surface area contributed by atoms with Crippen molar-refractivity contribution in [1.82, 2.24) is 5.32 Å². The number of furan rings is 1. The fraction of sp³-hybridized carbons (Fsp3) is 0.636. The molecule has 15 heavy (non-hydrogen) atoms. The summed E-state index contributed by atoms with van der Waals surface area (Å²) in [5.41, 5.74) is 0. The SMILES string of the molecule is COCCOCC(C)NCc1ccco1. The van der Waals surface area contributed by atoms with E-state index in [0.717, 1.165) is 12.3 Å². The third-order valence-electron chi connectivity index (χ3n) is 2.00. The van der Waals surface area contributed by atoms with Gasteiger partial charge in [-0.3, -0.25) is 0 Å². The van der Waals surface area contributed by atoms with Gasteiger partial charge in [-0.2, -0.15) is 0 Å². The summed E-state index contributed by atoms with van der Waals surface area (Å²) >= 11 is 0. The molecule has 0 saturated carbocycles. The van der Waals surface area contributed by atoms with E-state index in [1.807, 2.05) is 12.1 Å². The number of nitrogens with one attached hydrogen (secondary N) is 1. The Hall–Kier alpha value is -0.840. The highest BCUT2D eigenvalue weighted by molar-refractivity contribution is 4.97. The van der Waals surface area contributed by atoms with E-state index in [0.29, 0.717) is 25.9 Å². The van der Waals surface area contributed by atoms with Gasteiger partial charge in [-0.25, -0.2) is 0 Å². The van der Waals surface area contributed by atoms with Gasteiger partial charge in [0.1, 0.15) is 5.76 Å². The zero-order valence-electron chi connectivity index (χ0n) is 9.36. The van der Waals surface area contributed by atoms with Crippen molar-refractivity contribution in [3.05, 3.63) is 24.2 Å². The molecule has 0 spiro atoms. The van der Waals surface area contributed by atoms with Gasteiger partial charge < -0.3 is 19.2 Å². The van der Waals surface area contributed by atoms with Crippen molar-refractivity contribution in [2.75, 3.05) is 26.9 Å². The van der Waals surface area contributed by atoms with Gasteiger partial charge in [0.15, 0.2) is 0 Å². The first kappa shape index (κ1) is 12.2. The molecule has 1 aromatic rings. The number of hydrogen-bond donors (Lipinski definition) is 1. The highest BCUT2D eigenvalue weighted by atomic mass is 16.5. The summed E-state index contributed by atoms with van der Waals surface area (Å²) in [6.45, 7) is 4.79. The van der Waals surface area contributed by atoms with E-state index >= 15 is 0 Å². The van der Waals surface area contributed by atoms with Crippen LogP contribution in [0.2, 0.25) is 0 Å². The molecule has 0 aliphatic carbocycles. The Morgan fingerprint density at radius 1 is 1.47 bits per heavy atom. The molecule has 1 atom stereocenters. The molecule has 1 unspecified atom stereocenters. The van der Waals surface area contributed by atoms with Crippen molar-refractivity contribution in [3.63, 3.8) is 0 Å². The summed E-state index contributed by atoms with van der Waals surface area (Å²) in [5.74, 6) is 0.943. The first-order chi connectivity index (χ1) is 7.33. The normalized spacial score (nSPS) is 12.9. The van der Waals surface area contributed by atoms with Crippen molar-refractivity contribution >= 4 is 0 Å². The minimum absolute atomic E-state index is 0.312. The molecule has 1 heterocycles. The number of methoxy groups -OCH3 is 1. The summed E-state index contributed by atoms with van der Waals surface area (Å²) < 4.78 is 15.5. The third-order valence-corrected chi connectivity index (χ3v) is 2.00. The van der Waals surface area contributed by atoms with Gasteiger partial charge in [-0.05, 0) is 19.1 Å². The number of hydrogen-bond acceptors (Lipinski definition) is 4. The molecule has 1 N–H and O–H groups in total. The Bertz CT molecular complexity index is 236. The second-order valence-electron chi connectivity index (χ2n) is 3.43. The average Bonchev–Trinajstić information content (AvgIpc) is 2.74. The van der Waals surface area contributed by atoms with Crippen LogP contribution in [0.25, 0.3) is 0 Å². The van der Waals surface area contributed by atoms with Crippen molar-refractivity contribution in [2.45, 2.75) is 19.5 Å². The largest absolute Gasteiger partial charge is 0.468 e. The first-order valence-electron chi connectivity index (χ1n) is 5.15. The number of rotatable bonds is 8. The lowest BCUT2D eigenvalue weighted by Gasteiger charge is -2.12. The predicted molar refractivity (Wildman–Crippen MR) is 57.7 cm³/mol. The van der Waals surface area contributed by atoms with E-state index in [-0.39, 0.29) is 0 Å². The molecule has 1 aromatic heterocycles. The lowest BCUT2D eigenvalue weighted by atomic mass is 10.3.